The van der Waals surface area contributed by atoms with Crippen LogP contribution in [0.3, 0.4) is 0 Å². The summed E-state index contributed by atoms with van der Waals surface area (Å²) < 4.78 is 0. The van der Waals surface area contributed by atoms with Crippen molar-refractivity contribution in [1.29, 1.82) is 0 Å². The first-order valence-electron chi connectivity index (χ1n) is 12.3. The van der Waals surface area contributed by atoms with Crippen molar-refractivity contribution in [2.75, 3.05) is 49.1 Å². The number of rotatable bonds is 6. The topological polar surface area (TPSA) is 72.6 Å². The minimum absolute atomic E-state index is 0.111. The van der Waals surface area contributed by atoms with E-state index in [2.05, 4.69) is 82.7 Å². The van der Waals surface area contributed by atoms with Crippen molar-refractivity contribution in [2.24, 2.45) is 0 Å². The molecule has 2 aliphatic rings. The third-order valence-corrected chi connectivity index (χ3v) is 7.05. The Balaban J connectivity index is 1.29. The SMILES string of the molecule is CN(C)[C@@H]1CCN(c2cccc(Nc3nc(N4OCC[C@@H]4c4ccccc4)c4cc[nH]c4n3)c2)C1. The molecule has 2 aliphatic heterocycles. The summed E-state index contributed by atoms with van der Waals surface area (Å²) in [5.41, 5.74) is 4.18. The molecule has 0 bridgehead atoms. The molecule has 2 fully saturated rings. The van der Waals surface area contributed by atoms with Crippen LogP contribution in [0.25, 0.3) is 11.0 Å². The lowest BCUT2D eigenvalue weighted by Crippen LogP contribution is -2.31. The zero-order chi connectivity index (χ0) is 23.8. The third-order valence-electron chi connectivity index (χ3n) is 7.05. The summed E-state index contributed by atoms with van der Waals surface area (Å²) in [7, 11) is 4.31. The molecular formula is C27H31N7O. The Kier molecular flexibility index (Phi) is 5.75. The van der Waals surface area contributed by atoms with Gasteiger partial charge in [-0.1, -0.05) is 36.4 Å². The van der Waals surface area contributed by atoms with Crippen molar-refractivity contribution in [2.45, 2.75) is 24.9 Å². The normalized spacial score (nSPS) is 20.3. The van der Waals surface area contributed by atoms with Crippen molar-refractivity contribution in [3.05, 3.63) is 72.4 Å². The number of nitrogens with zero attached hydrogens (tertiary/aromatic N) is 5. The molecule has 0 radical (unpaired) electrons. The van der Waals surface area contributed by atoms with Crippen LogP contribution in [0.2, 0.25) is 0 Å². The van der Waals surface area contributed by atoms with Gasteiger partial charge in [0.1, 0.15) is 5.65 Å². The Labute approximate surface area is 205 Å². The fraction of sp³-hybridized carbons (Fsp3) is 0.333. The van der Waals surface area contributed by atoms with Crippen LogP contribution in [0.1, 0.15) is 24.4 Å². The van der Waals surface area contributed by atoms with Crippen LogP contribution in [-0.2, 0) is 4.84 Å². The van der Waals surface area contributed by atoms with E-state index in [0.29, 0.717) is 18.6 Å². The summed E-state index contributed by atoms with van der Waals surface area (Å²) in [6.07, 6.45) is 3.99. The number of benzene rings is 2. The first-order valence-corrected chi connectivity index (χ1v) is 12.3. The fourth-order valence-corrected chi connectivity index (χ4v) is 5.11. The number of fused-ring (bicyclic) bond motifs is 1. The molecule has 0 saturated carbocycles. The van der Waals surface area contributed by atoms with Gasteiger partial charge in [0, 0.05) is 43.1 Å². The maximum atomic E-state index is 6.10. The summed E-state index contributed by atoms with van der Waals surface area (Å²) in [5, 5.41) is 6.33. The van der Waals surface area contributed by atoms with E-state index < -0.39 is 0 Å². The number of hydrogen-bond acceptors (Lipinski definition) is 7. The van der Waals surface area contributed by atoms with Crippen molar-refractivity contribution >= 4 is 34.2 Å². The zero-order valence-electron chi connectivity index (χ0n) is 20.2. The van der Waals surface area contributed by atoms with E-state index in [1.807, 2.05) is 23.4 Å². The first-order chi connectivity index (χ1) is 17.2. The van der Waals surface area contributed by atoms with E-state index in [0.717, 1.165) is 42.0 Å². The summed E-state index contributed by atoms with van der Waals surface area (Å²) in [4.78, 5) is 23.8. The minimum Gasteiger partial charge on any atom is -0.370 e. The van der Waals surface area contributed by atoms with Crippen molar-refractivity contribution < 1.29 is 4.84 Å². The molecule has 4 aromatic rings. The molecule has 180 valence electrons. The summed E-state index contributed by atoms with van der Waals surface area (Å²) in [5.74, 6) is 1.32. The molecule has 35 heavy (non-hydrogen) atoms. The summed E-state index contributed by atoms with van der Waals surface area (Å²) in [6.45, 7) is 2.76. The van der Waals surface area contributed by atoms with Crippen LogP contribution >= 0.6 is 0 Å². The van der Waals surface area contributed by atoms with Crippen LogP contribution in [0, 0.1) is 0 Å². The number of H-pyrrole nitrogens is 1. The van der Waals surface area contributed by atoms with Crippen molar-refractivity contribution in [1.82, 2.24) is 19.9 Å². The molecule has 2 aromatic carbocycles. The van der Waals surface area contributed by atoms with Gasteiger partial charge in [-0.2, -0.15) is 9.97 Å². The lowest BCUT2D eigenvalue weighted by atomic mass is 10.0. The van der Waals surface area contributed by atoms with Gasteiger partial charge in [0.2, 0.25) is 5.95 Å². The van der Waals surface area contributed by atoms with Crippen LogP contribution in [0.5, 0.6) is 0 Å². The second-order valence-corrected chi connectivity index (χ2v) is 9.51. The molecule has 2 N–H and O–H groups in total. The predicted molar refractivity (Wildman–Crippen MR) is 140 cm³/mol. The van der Waals surface area contributed by atoms with Gasteiger partial charge in [-0.25, -0.2) is 5.06 Å². The van der Waals surface area contributed by atoms with Gasteiger partial charge < -0.3 is 20.1 Å². The lowest BCUT2D eigenvalue weighted by molar-refractivity contribution is 0.157. The Morgan fingerprint density at radius 3 is 2.74 bits per heavy atom. The molecule has 4 heterocycles. The van der Waals surface area contributed by atoms with E-state index in [1.54, 1.807) is 0 Å². The molecule has 0 spiro atoms. The van der Waals surface area contributed by atoms with Gasteiger partial charge in [0.15, 0.2) is 5.82 Å². The highest BCUT2D eigenvalue weighted by molar-refractivity contribution is 5.88. The number of hydrogen-bond donors (Lipinski definition) is 2. The minimum atomic E-state index is 0.111. The molecule has 2 saturated heterocycles. The molecule has 2 atom stereocenters. The van der Waals surface area contributed by atoms with Crippen LogP contribution in [-0.4, -0.2) is 59.7 Å². The second kappa shape index (κ2) is 9.20. The van der Waals surface area contributed by atoms with Crippen molar-refractivity contribution in [3.8, 4) is 0 Å². The monoisotopic (exact) mass is 469 g/mol. The third kappa shape index (κ3) is 4.31. The molecule has 0 aliphatic carbocycles. The Bertz CT molecular complexity index is 1310. The maximum Gasteiger partial charge on any atom is 0.231 e. The second-order valence-electron chi connectivity index (χ2n) is 9.51. The molecule has 8 heteroatoms. The van der Waals surface area contributed by atoms with Gasteiger partial charge >= 0.3 is 0 Å². The van der Waals surface area contributed by atoms with Crippen LogP contribution < -0.4 is 15.3 Å². The number of aromatic nitrogens is 3. The van der Waals surface area contributed by atoms with Gasteiger partial charge in [-0.15, -0.1) is 0 Å². The van der Waals surface area contributed by atoms with Gasteiger partial charge in [0.25, 0.3) is 0 Å². The van der Waals surface area contributed by atoms with E-state index in [-0.39, 0.29) is 6.04 Å². The quantitative estimate of drug-likeness (QED) is 0.423. The average Bonchev–Trinajstić information content (AvgIpc) is 3.65. The molecule has 2 aromatic heterocycles. The smallest absolute Gasteiger partial charge is 0.231 e. The standard InChI is InChI=1S/C27H31N7O/c1-32(2)22-12-15-33(18-22)21-10-6-9-20(17-21)29-27-30-25-23(11-14-28-25)26(31-27)34-24(13-16-35-34)19-7-4-3-5-8-19/h3-11,14,17,22,24H,12-13,15-16,18H2,1-2H3,(H2,28,29,30,31)/t22-,24-/m1/s1. The largest absolute Gasteiger partial charge is 0.370 e. The summed E-state index contributed by atoms with van der Waals surface area (Å²) >= 11 is 0. The number of nitrogens with one attached hydrogen (secondary N) is 2. The Morgan fingerprint density at radius 2 is 1.91 bits per heavy atom. The molecule has 0 amide bonds. The highest BCUT2D eigenvalue weighted by Crippen LogP contribution is 2.37. The molecule has 6 rings (SSSR count). The maximum absolute atomic E-state index is 6.10. The van der Waals surface area contributed by atoms with Gasteiger partial charge in [-0.3, -0.25) is 4.84 Å². The van der Waals surface area contributed by atoms with E-state index >= 15 is 0 Å². The van der Waals surface area contributed by atoms with E-state index in [4.69, 9.17) is 14.8 Å². The van der Waals surface area contributed by atoms with Crippen LogP contribution in [0.15, 0.2) is 66.9 Å². The Hall–Kier alpha value is -3.62. The van der Waals surface area contributed by atoms with Gasteiger partial charge in [-0.05, 0) is 50.3 Å². The number of hydroxylamine groups is 1. The van der Waals surface area contributed by atoms with E-state index in [1.165, 1.54) is 17.7 Å². The summed E-state index contributed by atoms with van der Waals surface area (Å²) in [6, 6.07) is 21.7. The highest BCUT2D eigenvalue weighted by atomic mass is 16.7. The van der Waals surface area contributed by atoms with Crippen molar-refractivity contribution in [3.63, 3.8) is 0 Å². The molecule has 8 nitrogen and oxygen atoms in total. The lowest BCUT2D eigenvalue weighted by Gasteiger charge is -2.25. The predicted octanol–water partition coefficient (Wildman–Crippen LogP) is 4.72. The van der Waals surface area contributed by atoms with Gasteiger partial charge in [0.05, 0.1) is 18.0 Å². The number of likely N-dealkylation sites (N-methyl/N-ethyl adjacent to an activating group) is 1. The average molecular weight is 470 g/mol. The van der Waals surface area contributed by atoms with Crippen LogP contribution in [0.4, 0.5) is 23.1 Å². The Morgan fingerprint density at radius 1 is 1.03 bits per heavy atom. The fourth-order valence-electron chi connectivity index (χ4n) is 5.11. The van der Waals surface area contributed by atoms with E-state index in [9.17, 15) is 0 Å². The first kappa shape index (κ1) is 21.9. The highest BCUT2D eigenvalue weighted by Gasteiger charge is 2.31. The number of aromatic amines is 1. The molecular weight excluding hydrogens is 438 g/mol. The zero-order valence-corrected chi connectivity index (χ0v) is 20.2. The molecule has 0 unspecified atom stereocenters. The number of anilines is 4.